The Labute approximate surface area is 248 Å². The van der Waals surface area contributed by atoms with E-state index >= 15 is 0 Å². The summed E-state index contributed by atoms with van der Waals surface area (Å²) in [6.45, 7) is 17.8. The van der Waals surface area contributed by atoms with Crippen LogP contribution in [-0.4, -0.2) is 25.1 Å². The van der Waals surface area contributed by atoms with Gasteiger partial charge in [0.15, 0.2) is 6.10 Å². The molecule has 1 unspecified atom stereocenters. The minimum absolute atomic E-state index is 0.107. The molecule has 0 spiro atoms. The van der Waals surface area contributed by atoms with Gasteiger partial charge in [-0.2, -0.15) is 30.7 Å². The van der Waals surface area contributed by atoms with Gasteiger partial charge in [0.25, 0.3) is 0 Å². The molecular formula is C32H50F7NO2. The van der Waals surface area contributed by atoms with E-state index in [0.717, 1.165) is 11.3 Å². The van der Waals surface area contributed by atoms with Crippen LogP contribution in [0.1, 0.15) is 109 Å². The lowest BCUT2D eigenvalue weighted by molar-refractivity contribution is -0.277. The highest BCUT2D eigenvalue weighted by Crippen LogP contribution is 2.39. The highest BCUT2D eigenvalue weighted by Gasteiger charge is 2.44. The summed E-state index contributed by atoms with van der Waals surface area (Å²) in [6, 6.07) is 2.73. The van der Waals surface area contributed by atoms with E-state index in [-0.39, 0.29) is 11.4 Å². The zero-order valence-corrected chi connectivity index (χ0v) is 26.6. The molecule has 0 aliphatic carbocycles. The Hall–Kier alpha value is -2.62. The lowest BCUT2D eigenvalue weighted by atomic mass is 9.93. The monoisotopic (exact) mass is 613 g/mol. The topological polar surface area (TPSA) is 30.8 Å². The number of rotatable bonds is 13. The van der Waals surface area contributed by atoms with Gasteiger partial charge in [0.05, 0.1) is 0 Å². The molecule has 0 saturated heterocycles. The maximum atomic E-state index is 12.8. The number of aryl methyl sites for hydroxylation is 1. The highest BCUT2D eigenvalue weighted by atomic mass is 19.4. The maximum Gasteiger partial charge on any atom is 0.419 e. The number of nitrogens with zero attached hydrogens (tertiary/aromatic N) is 1. The molecule has 1 aromatic carbocycles. The predicted octanol–water partition coefficient (Wildman–Crippen LogP) is 12.0. The molecule has 10 heteroatoms. The number of allylic oxidation sites excluding steroid dienone is 3. The number of hydrogen-bond acceptors (Lipinski definition) is 3. The standard InChI is InChI=1S/C13H15F5O.C9H13F2NO.C8H16.C2H6/c1-4-9-5-6-10(8(3)7(9)2)11(13(16,17)18)19-12(14)15;1-4-6-8(13-9(10)11)12-7(3)5-2;1-4-5-6-7-8(2)3;1-2/h5-6,11-12H,4H2,1-3H3;4,6,9H,1,5H2,2-3H3;2,4-7H2,1,3H3;1-2H3/b;8-6+,12-7-;;. The van der Waals surface area contributed by atoms with Crippen molar-refractivity contribution in [1.82, 2.24) is 0 Å². The summed E-state index contributed by atoms with van der Waals surface area (Å²) in [6.07, 6.45) is 1.74. The van der Waals surface area contributed by atoms with E-state index < -0.39 is 25.5 Å². The molecule has 0 heterocycles. The molecule has 42 heavy (non-hydrogen) atoms. The zero-order valence-electron chi connectivity index (χ0n) is 26.6. The Morgan fingerprint density at radius 3 is 1.90 bits per heavy atom. The fraction of sp³-hybridized carbons (Fsp3) is 0.594. The largest absolute Gasteiger partial charge is 0.419 e. The molecule has 0 amide bonds. The molecule has 0 fully saturated rings. The van der Waals surface area contributed by atoms with Gasteiger partial charge in [0.2, 0.25) is 5.88 Å². The molecule has 0 bridgehead atoms. The zero-order chi connectivity index (χ0) is 33.5. The molecule has 1 rings (SSSR count). The SMILES string of the molecule is C=C(C)CCCCC.C=C/C=C(\N=C(\C)CC)OC(F)F.CC.CCc1ccc(C(OC(F)F)C(F)(F)F)c(C)c1C. The van der Waals surface area contributed by atoms with Gasteiger partial charge in [0.1, 0.15) is 0 Å². The van der Waals surface area contributed by atoms with Crippen LogP contribution >= 0.6 is 0 Å². The molecule has 3 nitrogen and oxygen atoms in total. The van der Waals surface area contributed by atoms with Crippen LogP contribution in [0.25, 0.3) is 0 Å². The van der Waals surface area contributed by atoms with Gasteiger partial charge < -0.3 is 9.47 Å². The number of halogens is 7. The van der Waals surface area contributed by atoms with Crippen molar-refractivity contribution >= 4 is 5.71 Å². The second kappa shape index (κ2) is 24.9. The highest BCUT2D eigenvalue weighted by molar-refractivity contribution is 5.82. The summed E-state index contributed by atoms with van der Waals surface area (Å²) >= 11 is 0. The smallest absolute Gasteiger partial charge is 0.417 e. The summed E-state index contributed by atoms with van der Waals surface area (Å²) in [7, 11) is 0. The van der Waals surface area contributed by atoms with Gasteiger partial charge in [-0.15, -0.1) is 6.58 Å². The third-order valence-electron chi connectivity index (χ3n) is 5.63. The normalized spacial score (nSPS) is 12.3. The molecule has 0 N–H and O–H groups in total. The third-order valence-corrected chi connectivity index (χ3v) is 5.63. The van der Waals surface area contributed by atoms with E-state index in [4.69, 9.17) is 0 Å². The van der Waals surface area contributed by atoms with Gasteiger partial charge in [0, 0.05) is 5.71 Å². The van der Waals surface area contributed by atoms with Crippen LogP contribution in [0.4, 0.5) is 30.7 Å². The molecule has 0 aliphatic heterocycles. The van der Waals surface area contributed by atoms with Gasteiger partial charge in [-0.3, -0.25) is 0 Å². The summed E-state index contributed by atoms with van der Waals surface area (Å²) in [5, 5.41) is 0. The molecule has 244 valence electrons. The van der Waals surface area contributed by atoms with Crippen LogP contribution in [0.2, 0.25) is 0 Å². The van der Waals surface area contributed by atoms with Crippen molar-refractivity contribution in [2.45, 2.75) is 126 Å². The minimum Gasteiger partial charge on any atom is -0.417 e. The Kier molecular flexibility index (Phi) is 26.0. The van der Waals surface area contributed by atoms with E-state index in [2.05, 4.69) is 41.5 Å². The predicted molar refractivity (Wildman–Crippen MR) is 160 cm³/mol. The summed E-state index contributed by atoms with van der Waals surface area (Å²) in [4.78, 5) is 3.83. The van der Waals surface area contributed by atoms with Gasteiger partial charge in [-0.05, 0) is 81.7 Å². The van der Waals surface area contributed by atoms with E-state index in [1.165, 1.54) is 62.5 Å². The molecule has 0 aliphatic rings. The van der Waals surface area contributed by atoms with Crippen LogP contribution in [0.15, 0.2) is 53.9 Å². The average molecular weight is 614 g/mol. The number of benzene rings is 1. The second-order valence-electron chi connectivity index (χ2n) is 8.97. The lowest BCUT2D eigenvalue weighted by Crippen LogP contribution is -2.26. The van der Waals surface area contributed by atoms with Crippen LogP contribution in [0.5, 0.6) is 0 Å². The van der Waals surface area contributed by atoms with E-state index in [9.17, 15) is 30.7 Å². The van der Waals surface area contributed by atoms with Crippen molar-refractivity contribution in [3.8, 4) is 0 Å². The van der Waals surface area contributed by atoms with Crippen molar-refractivity contribution in [3.05, 3.63) is 71.2 Å². The first-order chi connectivity index (χ1) is 19.5. The fourth-order valence-corrected chi connectivity index (χ4v) is 3.23. The van der Waals surface area contributed by atoms with Gasteiger partial charge in [-0.1, -0.05) is 77.8 Å². The van der Waals surface area contributed by atoms with Crippen LogP contribution in [0, 0.1) is 13.8 Å². The first-order valence-corrected chi connectivity index (χ1v) is 14.1. The van der Waals surface area contributed by atoms with E-state index in [1.807, 2.05) is 27.7 Å². The van der Waals surface area contributed by atoms with Crippen LogP contribution in [0.3, 0.4) is 0 Å². The average Bonchev–Trinajstić information content (AvgIpc) is 2.90. The Balaban J connectivity index is -0.000000574. The fourth-order valence-electron chi connectivity index (χ4n) is 3.23. The lowest BCUT2D eigenvalue weighted by Gasteiger charge is -2.23. The van der Waals surface area contributed by atoms with E-state index in [0.29, 0.717) is 24.0 Å². The number of alkyl halides is 7. The summed E-state index contributed by atoms with van der Waals surface area (Å²) in [5.41, 5.74) is 3.68. The van der Waals surface area contributed by atoms with Crippen molar-refractivity contribution in [1.29, 1.82) is 0 Å². The van der Waals surface area contributed by atoms with Gasteiger partial charge in [-0.25, -0.2) is 4.99 Å². The van der Waals surface area contributed by atoms with Crippen LogP contribution in [-0.2, 0) is 15.9 Å². The van der Waals surface area contributed by atoms with Crippen molar-refractivity contribution in [2.24, 2.45) is 4.99 Å². The summed E-state index contributed by atoms with van der Waals surface area (Å²) in [5.74, 6) is -0.107. The molecule has 1 atom stereocenters. The van der Waals surface area contributed by atoms with Crippen LogP contribution < -0.4 is 0 Å². The van der Waals surface area contributed by atoms with Crippen molar-refractivity contribution < 1.29 is 40.2 Å². The molecule has 0 radical (unpaired) electrons. The quantitative estimate of drug-likeness (QED) is 0.0553. The first kappa shape index (κ1) is 43.8. The molecule has 0 saturated carbocycles. The molecular weight excluding hydrogens is 563 g/mol. The number of aliphatic imine (C=N–C) groups is 1. The molecule has 0 aromatic heterocycles. The van der Waals surface area contributed by atoms with E-state index in [1.54, 1.807) is 13.8 Å². The Morgan fingerprint density at radius 1 is 0.952 bits per heavy atom. The third kappa shape index (κ3) is 21.1. The minimum atomic E-state index is -4.87. The summed E-state index contributed by atoms with van der Waals surface area (Å²) < 4.78 is 94.2. The maximum absolute atomic E-state index is 12.8. The number of unbranched alkanes of at least 4 members (excludes halogenated alkanes) is 2. The van der Waals surface area contributed by atoms with Crippen molar-refractivity contribution in [3.63, 3.8) is 0 Å². The van der Waals surface area contributed by atoms with Crippen molar-refractivity contribution in [2.75, 3.05) is 0 Å². The first-order valence-electron chi connectivity index (χ1n) is 14.1. The Morgan fingerprint density at radius 2 is 1.52 bits per heavy atom. The number of hydrogen-bond donors (Lipinski definition) is 0. The van der Waals surface area contributed by atoms with Gasteiger partial charge >= 0.3 is 19.4 Å². The Bertz CT molecular complexity index is 940. The molecule has 1 aromatic rings. The second-order valence-corrected chi connectivity index (χ2v) is 8.97. The number of ether oxygens (including phenoxy) is 2.